The first-order valence-electron chi connectivity index (χ1n) is 5.45. The van der Waals surface area contributed by atoms with Gasteiger partial charge in [0, 0.05) is 35.5 Å². The van der Waals surface area contributed by atoms with Crippen molar-refractivity contribution >= 4 is 23.1 Å². The number of hydrogen-bond donors (Lipinski definition) is 1. The minimum atomic E-state index is -0.431. The summed E-state index contributed by atoms with van der Waals surface area (Å²) in [7, 11) is 0. The molecule has 1 fully saturated rings. The van der Waals surface area contributed by atoms with Crippen LogP contribution >= 0.6 is 11.8 Å². The first-order chi connectivity index (χ1) is 8.16. The average molecular weight is 254 g/mol. The van der Waals surface area contributed by atoms with E-state index in [4.69, 9.17) is 10.5 Å². The molecule has 0 spiro atoms. The number of anilines is 1. The summed E-state index contributed by atoms with van der Waals surface area (Å²) in [6, 6.07) is 4.65. The lowest BCUT2D eigenvalue weighted by atomic mass is 10.2. The monoisotopic (exact) mass is 254 g/mol. The van der Waals surface area contributed by atoms with Gasteiger partial charge in [-0.15, -0.1) is 11.8 Å². The molecule has 0 aromatic heterocycles. The molecule has 1 aromatic rings. The second-order valence-corrected chi connectivity index (χ2v) is 5.25. The van der Waals surface area contributed by atoms with E-state index in [1.165, 1.54) is 12.1 Å². The third kappa shape index (κ3) is 3.10. The van der Waals surface area contributed by atoms with E-state index < -0.39 is 4.92 Å². The maximum absolute atomic E-state index is 10.6. The zero-order chi connectivity index (χ0) is 12.3. The average Bonchev–Trinajstić information content (AvgIpc) is 2.33. The van der Waals surface area contributed by atoms with Crippen LogP contribution in [0, 0.1) is 10.1 Å². The molecule has 1 aromatic carbocycles. The summed E-state index contributed by atoms with van der Waals surface area (Å²) in [5.41, 5.74) is 6.34. The van der Waals surface area contributed by atoms with E-state index in [2.05, 4.69) is 0 Å². The minimum Gasteiger partial charge on any atom is -0.398 e. The van der Waals surface area contributed by atoms with Crippen LogP contribution in [0.3, 0.4) is 0 Å². The van der Waals surface area contributed by atoms with Crippen LogP contribution < -0.4 is 5.73 Å². The van der Waals surface area contributed by atoms with Crippen LogP contribution in [-0.4, -0.2) is 23.4 Å². The summed E-state index contributed by atoms with van der Waals surface area (Å²) in [4.78, 5) is 11.1. The summed E-state index contributed by atoms with van der Waals surface area (Å²) in [6.07, 6.45) is 2.00. The maximum atomic E-state index is 10.6. The first kappa shape index (κ1) is 12.2. The number of ether oxygens (including phenoxy) is 1. The van der Waals surface area contributed by atoms with Gasteiger partial charge in [-0.3, -0.25) is 10.1 Å². The van der Waals surface area contributed by atoms with E-state index in [0.29, 0.717) is 10.9 Å². The zero-order valence-electron chi connectivity index (χ0n) is 9.30. The molecule has 0 unspecified atom stereocenters. The highest BCUT2D eigenvalue weighted by atomic mass is 32.2. The topological polar surface area (TPSA) is 78.4 Å². The summed E-state index contributed by atoms with van der Waals surface area (Å²) in [5.74, 6) is 0. The number of non-ortho nitro benzene ring substituents is 1. The Kier molecular flexibility index (Phi) is 3.86. The van der Waals surface area contributed by atoms with Crippen LogP contribution in [0.2, 0.25) is 0 Å². The zero-order valence-corrected chi connectivity index (χ0v) is 10.1. The van der Waals surface area contributed by atoms with Crippen LogP contribution in [-0.2, 0) is 4.74 Å². The highest BCUT2D eigenvalue weighted by Crippen LogP contribution is 2.34. The molecule has 1 aliphatic heterocycles. The van der Waals surface area contributed by atoms with Gasteiger partial charge in [0.25, 0.3) is 5.69 Å². The maximum Gasteiger partial charge on any atom is 0.271 e. The van der Waals surface area contributed by atoms with E-state index in [-0.39, 0.29) is 5.69 Å². The number of thioether (sulfide) groups is 1. The smallest absolute Gasteiger partial charge is 0.271 e. The van der Waals surface area contributed by atoms with Gasteiger partial charge in [-0.05, 0) is 18.9 Å². The Morgan fingerprint density at radius 1 is 1.41 bits per heavy atom. The third-order valence-corrected chi connectivity index (χ3v) is 4.10. The van der Waals surface area contributed by atoms with Gasteiger partial charge in [-0.1, -0.05) is 0 Å². The van der Waals surface area contributed by atoms with Crippen molar-refractivity contribution < 1.29 is 9.66 Å². The van der Waals surface area contributed by atoms with Crippen molar-refractivity contribution in [2.45, 2.75) is 23.0 Å². The largest absolute Gasteiger partial charge is 0.398 e. The van der Waals surface area contributed by atoms with Crippen LogP contribution in [0.5, 0.6) is 0 Å². The third-order valence-electron chi connectivity index (χ3n) is 2.67. The standard InChI is InChI=1S/C11H14N2O3S/c12-10-7-8(13(14)15)1-2-11(10)17-9-3-5-16-6-4-9/h1-2,7,9H,3-6,12H2. The summed E-state index contributed by atoms with van der Waals surface area (Å²) in [5, 5.41) is 11.1. The Morgan fingerprint density at radius 2 is 2.12 bits per heavy atom. The van der Waals surface area contributed by atoms with E-state index in [1.807, 2.05) is 0 Å². The number of benzene rings is 1. The molecular weight excluding hydrogens is 240 g/mol. The van der Waals surface area contributed by atoms with E-state index in [1.54, 1.807) is 17.8 Å². The lowest BCUT2D eigenvalue weighted by molar-refractivity contribution is -0.384. The molecule has 5 nitrogen and oxygen atoms in total. The van der Waals surface area contributed by atoms with Gasteiger partial charge in [-0.25, -0.2) is 0 Å². The number of hydrogen-bond acceptors (Lipinski definition) is 5. The minimum absolute atomic E-state index is 0.0406. The fraction of sp³-hybridized carbons (Fsp3) is 0.455. The molecule has 1 saturated heterocycles. The highest BCUT2D eigenvalue weighted by molar-refractivity contribution is 8.00. The molecule has 0 bridgehead atoms. The molecule has 2 rings (SSSR count). The lowest BCUT2D eigenvalue weighted by Gasteiger charge is -2.21. The Balaban J connectivity index is 2.08. The van der Waals surface area contributed by atoms with Gasteiger partial charge in [0.15, 0.2) is 0 Å². The summed E-state index contributed by atoms with van der Waals surface area (Å²) >= 11 is 1.68. The Hall–Kier alpha value is -1.27. The Morgan fingerprint density at radius 3 is 2.71 bits per heavy atom. The van der Waals surface area contributed by atoms with E-state index >= 15 is 0 Å². The number of nitro benzene ring substituents is 1. The summed E-state index contributed by atoms with van der Waals surface area (Å²) < 4.78 is 5.28. The predicted molar refractivity (Wildman–Crippen MR) is 67.2 cm³/mol. The molecule has 6 heteroatoms. The van der Waals surface area contributed by atoms with Crippen LogP contribution in [0.1, 0.15) is 12.8 Å². The van der Waals surface area contributed by atoms with Crippen LogP contribution in [0.15, 0.2) is 23.1 Å². The van der Waals surface area contributed by atoms with Gasteiger partial charge >= 0.3 is 0 Å². The van der Waals surface area contributed by atoms with Crippen molar-refractivity contribution in [3.8, 4) is 0 Å². The SMILES string of the molecule is Nc1cc([N+](=O)[O-])ccc1SC1CCOCC1. The van der Waals surface area contributed by atoms with Crippen LogP contribution in [0.25, 0.3) is 0 Å². The van der Waals surface area contributed by atoms with E-state index in [0.717, 1.165) is 31.0 Å². The molecule has 17 heavy (non-hydrogen) atoms. The highest BCUT2D eigenvalue weighted by Gasteiger charge is 2.17. The van der Waals surface area contributed by atoms with Gasteiger partial charge in [0.05, 0.1) is 10.6 Å². The number of rotatable bonds is 3. The normalized spacial score (nSPS) is 16.9. The number of nitro groups is 1. The van der Waals surface area contributed by atoms with E-state index in [9.17, 15) is 10.1 Å². The predicted octanol–water partition coefficient (Wildman–Crippen LogP) is 2.45. The van der Waals surface area contributed by atoms with Gasteiger partial charge in [0.1, 0.15) is 0 Å². The van der Waals surface area contributed by atoms with Crippen molar-refractivity contribution in [3.63, 3.8) is 0 Å². The molecule has 0 amide bonds. The van der Waals surface area contributed by atoms with Crippen molar-refractivity contribution in [2.24, 2.45) is 0 Å². The lowest BCUT2D eigenvalue weighted by Crippen LogP contribution is -2.17. The fourth-order valence-corrected chi connectivity index (χ4v) is 2.86. The van der Waals surface area contributed by atoms with Crippen LogP contribution in [0.4, 0.5) is 11.4 Å². The second-order valence-electron chi connectivity index (χ2n) is 3.91. The molecule has 0 aliphatic carbocycles. The fourth-order valence-electron chi connectivity index (χ4n) is 1.73. The van der Waals surface area contributed by atoms with Crippen molar-refractivity contribution in [1.29, 1.82) is 0 Å². The molecule has 0 atom stereocenters. The number of nitrogens with zero attached hydrogens (tertiary/aromatic N) is 1. The molecule has 0 radical (unpaired) electrons. The molecule has 1 aliphatic rings. The molecular formula is C11H14N2O3S. The summed E-state index contributed by atoms with van der Waals surface area (Å²) in [6.45, 7) is 1.56. The first-order valence-corrected chi connectivity index (χ1v) is 6.33. The quantitative estimate of drug-likeness (QED) is 0.509. The van der Waals surface area contributed by atoms with Crippen molar-refractivity contribution in [3.05, 3.63) is 28.3 Å². The molecule has 1 heterocycles. The van der Waals surface area contributed by atoms with Crippen molar-refractivity contribution in [2.75, 3.05) is 18.9 Å². The molecule has 2 N–H and O–H groups in total. The van der Waals surface area contributed by atoms with Gasteiger partial charge in [-0.2, -0.15) is 0 Å². The Labute approximate surface area is 103 Å². The number of nitrogen functional groups attached to an aromatic ring is 1. The van der Waals surface area contributed by atoms with Crippen molar-refractivity contribution in [1.82, 2.24) is 0 Å². The molecule has 0 saturated carbocycles. The van der Waals surface area contributed by atoms with Gasteiger partial charge in [0.2, 0.25) is 0 Å². The Bertz CT molecular complexity index is 419. The van der Waals surface area contributed by atoms with Gasteiger partial charge < -0.3 is 10.5 Å². The number of nitrogens with two attached hydrogens (primary N) is 1. The second kappa shape index (κ2) is 5.37. The molecule has 92 valence electrons.